The van der Waals surface area contributed by atoms with E-state index in [1.54, 1.807) is 6.07 Å². The lowest BCUT2D eigenvalue weighted by atomic mass is 10.1. The van der Waals surface area contributed by atoms with Gasteiger partial charge in [-0.2, -0.15) is 0 Å². The summed E-state index contributed by atoms with van der Waals surface area (Å²) in [6.07, 6.45) is 2.15. The molecule has 0 aliphatic carbocycles. The predicted octanol–water partition coefficient (Wildman–Crippen LogP) is 1.88. The molecule has 1 saturated heterocycles. The Morgan fingerprint density at radius 2 is 2.17 bits per heavy atom. The zero-order valence-electron chi connectivity index (χ0n) is 13.7. The summed E-state index contributed by atoms with van der Waals surface area (Å²) in [5.41, 5.74) is 8.29. The molecule has 1 amide bonds. The normalized spacial score (nSPS) is 17.7. The standard InChI is InChI=1S/C16H21N5O2/c1-9-12(10(2)23-20-9)7-16(22)21-6-4-5-14(21)13-8-15(17)19-11(3)18-13/h8,14H,4-7H2,1-3H3,(H2,17,18,19). The Kier molecular flexibility index (Phi) is 4.02. The van der Waals surface area contributed by atoms with Crippen LogP contribution in [-0.2, 0) is 11.2 Å². The third-order valence-corrected chi connectivity index (χ3v) is 4.30. The summed E-state index contributed by atoms with van der Waals surface area (Å²) in [4.78, 5) is 23.2. The zero-order valence-corrected chi connectivity index (χ0v) is 13.7. The molecule has 23 heavy (non-hydrogen) atoms. The van der Waals surface area contributed by atoms with Crippen molar-refractivity contribution in [3.8, 4) is 0 Å². The number of hydrogen-bond donors (Lipinski definition) is 1. The van der Waals surface area contributed by atoms with Crippen LogP contribution in [0.2, 0.25) is 0 Å². The van der Waals surface area contributed by atoms with Gasteiger partial charge in [0.25, 0.3) is 0 Å². The van der Waals surface area contributed by atoms with Crippen molar-refractivity contribution < 1.29 is 9.32 Å². The van der Waals surface area contributed by atoms with Crippen molar-refractivity contribution in [2.75, 3.05) is 12.3 Å². The minimum atomic E-state index is -0.0352. The predicted molar refractivity (Wildman–Crippen MR) is 84.6 cm³/mol. The van der Waals surface area contributed by atoms with Crippen LogP contribution in [0.5, 0.6) is 0 Å². The molecule has 2 N–H and O–H groups in total. The lowest BCUT2D eigenvalue weighted by molar-refractivity contribution is -0.131. The topological polar surface area (TPSA) is 98.1 Å². The highest BCUT2D eigenvalue weighted by atomic mass is 16.5. The summed E-state index contributed by atoms with van der Waals surface area (Å²) in [6, 6.07) is 1.73. The Hall–Kier alpha value is -2.44. The number of likely N-dealkylation sites (tertiary alicyclic amines) is 1. The van der Waals surface area contributed by atoms with E-state index in [1.807, 2.05) is 25.7 Å². The Bertz CT molecular complexity index is 700. The Morgan fingerprint density at radius 1 is 1.39 bits per heavy atom. The number of amides is 1. The van der Waals surface area contributed by atoms with E-state index >= 15 is 0 Å². The van der Waals surface area contributed by atoms with Gasteiger partial charge in [0.05, 0.1) is 23.9 Å². The molecule has 1 fully saturated rings. The molecule has 0 radical (unpaired) electrons. The van der Waals surface area contributed by atoms with Crippen LogP contribution < -0.4 is 5.73 Å². The summed E-state index contributed by atoms with van der Waals surface area (Å²) in [5.74, 6) is 1.84. The van der Waals surface area contributed by atoms with Crippen molar-refractivity contribution in [2.45, 2.75) is 46.1 Å². The van der Waals surface area contributed by atoms with Gasteiger partial charge < -0.3 is 15.2 Å². The number of nitrogen functional groups attached to an aromatic ring is 1. The maximum Gasteiger partial charge on any atom is 0.227 e. The van der Waals surface area contributed by atoms with E-state index in [-0.39, 0.29) is 11.9 Å². The largest absolute Gasteiger partial charge is 0.384 e. The van der Waals surface area contributed by atoms with E-state index in [9.17, 15) is 4.79 Å². The van der Waals surface area contributed by atoms with Crippen LogP contribution in [0.15, 0.2) is 10.6 Å². The summed E-state index contributed by atoms with van der Waals surface area (Å²) in [7, 11) is 0. The molecular weight excluding hydrogens is 294 g/mol. The van der Waals surface area contributed by atoms with Gasteiger partial charge in [-0.05, 0) is 33.6 Å². The molecule has 0 spiro atoms. The van der Waals surface area contributed by atoms with E-state index in [0.717, 1.165) is 36.3 Å². The zero-order chi connectivity index (χ0) is 16.6. The molecular formula is C16H21N5O2. The minimum absolute atomic E-state index is 0.0352. The highest BCUT2D eigenvalue weighted by Crippen LogP contribution is 2.32. The number of carbonyl (C=O) groups excluding carboxylic acids is 1. The average Bonchev–Trinajstić information content (AvgIpc) is 3.08. The van der Waals surface area contributed by atoms with Gasteiger partial charge in [0.2, 0.25) is 5.91 Å². The van der Waals surface area contributed by atoms with E-state index in [1.165, 1.54) is 0 Å². The smallest absolute Gasteiger partial charge is 0.227 e. The molecule has 1 aliphatic rings. The van der Waals surface area contributed by atoms with Gasteiger partial charge in [-0.3, -0.25) is 4.79 Å². The molecule has 3 heterocycles. The first-order valence-corrected chi connectivity index (χ1v) is 7.78. The van der Waals surface area contributed by atoms with Gasteiger partial charge >= 0.3 is 0 Å². The van der Waals surface area contributed by atoms with Crippen LogP contribution in [0.4, 0.5) is 5.82 Å². The summed E-state index contributed by atoms with van der Waals surface area (Å²) < 4.78 is 5.14. The van der Waals surface area contributed by atoms with E-state index in [2.05, 4.69) is 15.1 Å². The van der Waals surface area contributed by atoms with Crippen LogP contribution in [0.25, 0.3) is 0 Å². The number of anilines is 1. The van der Waals surface area contributed by atoms with Crippen LogP contribution in [-0.4, -0.2) is 32.5 Å². The van der Waals surface area contributed by atoms with Crippen LogP contribution in [0, 0.1) is 20.8 Å². The maximum absolute atomic E-state index is 12.8. The number of rotatable bonds is 3. The lowest BCUT2D eigenvalue weighted by Gasteiger charge is -2.24. The maximum atomic E-state index is 12.8. The highest BCUT2D eigenvalue weighted by Gasteiger charge is 2.32. The average molecular weight is 315 g/mol. The molecule has 1 aliphatic heterocycles. The van der Waals surface area contributed by atoms with E-state index < -0.39 is 0 Å². The number of nitrogens with two attached hydrogens (primary N) is 1. The third kappa shape index (κ3) is 3.04. The fourth-order valence-electron chi connectivity index (χ4n) is 3.17. The molecule has 1 atom stereocenters. The molecule has 3 rings (SSSR count). The summed E-state index contributed by atoms with van der Waals surface area (Å²) in [6.45, 7) is 6.23. The minimum Gasteiger partial charge on any atom is -0.384 e. The number of hydrogen-bond acceptors (Lipinski definition) is 6. The molecule has 122 valence electrons. The number of nitrogens with zero attached hydrogens (tertiary/aromatic N) is 4. The number of aromatic nitrogens is 3. The molecule has 0 bridgehead atoms. The second kappa shape index (κ2) is 5.98. The SMILES string of the molecule is Cc1nc(N)cc(C2CCCN2C(=O)Cc2c(C)noc2C)n1. The second-order valence-electron chi connectivity index (χ2n) is 5.99. The van der Waals surface area contributed by atoms with Crippen molar-refractivity contribution in [2.24, 2.45) is 0 Å². The summed E-state index contributed by atoms with van der Waals surface area (Å²) >= 11 is 0. The Balaban J connectivity index is 1.82. The van der Waals surface area contributed by atoms with Gasteiger partial charge in [-0.15, -0.1) is 0 Å². The van der Waals surface area contributed by atoms with Crippen molar-refractivity contribution in [1.29, 1.82) is 0 Å². The molecule has 2 aromatic rings. The van der Waals surface area contributed by atoms with E-state index in [0.29, 0.717) is 23.8 Å². The third-order valence-electron chi connectivity index (χ3n) is 4.30. The van der Waals surface area contributed by atoms with Crippen LogP contribution in [0.1, 0.15) is 47.4 Å². The van der Waals surface area contributed by atoms with Gasteiger partial charge in [0, 0.05) is 18.2 Å². The molecule has 7 heteroatoms. The first-order chi connectivity index (χ1) is 11.0. The van der Waals surface area contributed by atoms with Crippen molar-refractivity contribution in [1.82, 2.24) is 20.0 Å². The first kappa shape index (κ1) is 15.5. The van der Waals surface area contributed by atoms with Gasteiger partial charge in [0.15, 0.2) is 0 Å². The molecule has 0 saturated carbocycles. The highest BCUT2D eigenvalue weighted by molar-refractivity contribution is 5.80. The van der Waals surface area contributed by atoms with E-state index in [4.69, 9.17) is 10.3 Å². The fourth-order valence-corrected chi connectivity index (χ4v) is 3.17. The quantitative estimate of drug-likeness (QED) is 0.928. The molecule has 7 nitrogen and oxygen atoms in total. The van der Waals surface area contributed by atoms with Gasteiger partial charge in [-0.1, -0.05) is 5.16 Å². The lowest BCUT2D eigenvalue weighted by Crippen LogP contribution is -2.32. The fraction of sp³-hybridized carbons (Fsp3) is 0.500. The van der Waals surface area contributed by atoms with Crippen molar-refractivity contribution >= 4 is 11.7 Å². The monoisotopic (exact) mass is 315 g/mol. The van der Waals surface area contributed by atoms with Gasteiger partial charge in [-0.25, -0.2) is 9.97 Å². The Morgan fingerprint density at radius 3 is 2.83 bits per heavy atom. The second-order valence-corrected chi connectivity index (χ2v) is 5.99. The van der Waals surface area contributed by atoms with Gasteiger partial charge in [0.1, 0.15) is 17.4 Å². The first-order valence-electron chi connectivity index (χ1n) is 7.78. The molecule has 2 aromatic heterocycles. The molecule has 0 aromatic carbocycles. The Labute approximate surface area is 134 Å². The number of carbonyl (C=O) groups is 1. The van der Waals surface area contributed by atoms with Crippen molar-refractivity contribution in [3.05, 3.63) is 34.6 Å². The van der Waals surface area contributed by atoms with Crippen LogP contribution in [0.3, 0.4) is 0 Å². The summed E-state index contributed by atoms with van der Waals surface area (Å²) in [5, 5.41) is 3.91. The van der Waals surface area contributed by atoms with Crippen molar-refractivity contribution in [3.63, 3.8) is 0 Å². The van der Waals surface area contributed by atoms with Crippen LogP contribution >= 0.6 is 0 Å². The number of aryl methyl sites for hydroxylation is 3. The molecule has 1 unspecified atom stereocenters.